The van der Waals surface area contributed by atoms with Crippen LogP contribution < -0.4 is 15.2 Å². The third kappa shape index (κ3) is 3.42. The van der Waals surface area contributed by atoms with E-state index in [2.05, 4.69) is 0 Å². The van der Waals surface area contributed by atoms with Gasteiger partial charge in [-0.3, -0.25) is 0 Å². The van der Waals surface area contributed by atoms with Crippen LogP contribution in [0.3, 0.4) is 0 Å². The lowest BCUT2D eigenvalue weighted by atomic mass is 10.1. The summed E-state index contributed by atoms with van der Waals surface area (Å²) in [6.07, 6.45) is 1.39. The number of nitrogens with two attached hydrogens (primary N) is 1. The van der Waals surface area contributed by atoms with E-state index in [9.17, 15) is 4.79 Å². The molecule has 0 radical (unpaired) electrons. The standard InChI is InChI=1S/C14H16N2O4/c1-4-20-14(17)10(8-15)5-9-6-11(18-2)13(16)12(7-9)19-3/h5-7H,4,16H2,1-3H3. The van der Waals surface area contributed by atoms with Crippen LogP contribution in [0.15, 0.2) is 17.7 Å². The molecule has 6 heteroatoms. The first-order chi connectivity index (χ1) is 9.57. The first-order valence-corrected chi connectivity index (χ1v) is 5.87. The Balaban J connectivity index is 3.26. The lowest BCUT2D eigenvalue weighted by Gasteiger charge is -2.10. The molecule has 0 saturated carbocycles. The molecule has 0 aliphatic carbocycles. The maximum Gasteiger partial charge on any atom is 0.348 e. The summed E-state index contributed by atoms with van der Waals surface area (Å²) in [5.41, 5.74) is 6.61. The molecular formula is C14H16N2O4. The molecule has 0 atom stereocenters. The van der Waals surface area contributed by atoms with E-state index in [4.69, 9.17) is 25.2 Å². The number of nitriles is 1. The van der Waals surface area contributed by atoms with E-state index in [1.54, 1.807) is 25.1 Å². The summed E-state index contributed by atoms with van der Waals surface area (Å²) in [5.74, 6) is 0.123. The molecule has 0 aromatic heterocycles. The van der Waals surface area contributed by atoms with Crippen molar-refractivity contribution in [1.82, 2.24) is 0 Å². The van der Waals surface area contributed by atoms with Gasteiger partial charge in [-0.2, -0.15) is 5.26 Å². The Kier molecular flexibility index (Phi) is 5.42. The van der Waals surface area contributed by atoms with E-state index in [1.165, 1.54) is 20.3 Å². The number of methoxy groups -OCH3 is 2. The van der Waals surface area contributed by atoms with Crippen LogP contribution in [0.25, 0.3) is 6.08 Å². The number of carbonyl (C=O) groups excluding carboxylic acids is 1. The highest BCUT2D eigenvalue weighted by molar-refractivity contribution is 5.98. The predicted molar refractivity (Wildman–Crippen MR) is 74.2 cm³/mol. The first kappa shape index (κ1) is 15.4. The van der Waals surface area contributed by atoms with Crippen LogP contribution in [0.2, 0.25) is 0 Å². The average Bonchev–Trinajstić information content (AvgIpc) is 2.46. The summed E-state index contributed by atoms with van der Waals surface area (Å²) < 4.78 is 15.0. The van der Waals surface area contributed by atoms with Gasteiger partial charge >= 0.3 is 5.97 Å². The van der Waals surface area contributed by atoms with Crippen molar-refractivity contribution >= 4 is 17.7 Å². The Morgan fingerprint density at radius 3 is 2.30 bits per heavy atom. The van der Waals surface area contributed by atoms with Gasteiger partial charge in [-0.05, 0) is 30.7 Å². The molecule has 20 heavy (non-hydrogen) atoms. The quantitative estimate of drug-likeness (QED) is 0.381. The average molecular weight is 276 g/mol. The molecule has 0 bridgehead atoms. The molecule has 0 saturated heterocycles. The van der Waals surface area contributed by atoms with Crippen LogP contribution in [0.4, 0.5) is 5.69 Å². The van der Waals surface area contributed by atoms with Gasteiger partial charge in [-0.25, -0.2) is 4.79 Å². The van der Waals surface area contributed by atoms with Gasteiger partial charge in [-0.15, -0.1) is 0 Å². The zero-order valence-electron chi connectivity index (χ0n) is 11.6. The molecule has 1 rings (SSSR count). The fraction of sp³-hybridized carbons (Fsp3) is 0.286. The van der Waals surface area contributed by atoms with Crippen molar-refractivity contribution in [3.8, 4) is 17.6 Å². The second-order valence-electron chi connectivity index (χ2n) is 3.73. The number of benzene rings is 1. The summed E-state index contributed by atoms with van der Waals surface area (Å²) >= 11 is 0. The largest absolute Gasteiger partial charge is 0.494 e. The minimum atomic E-state index is -0.676. The molecule has 1 aromatic carbocycles. The lowest BCUT2D eigenvalue weighted by Crippen LogP contribution is -2.06. The minimum absolute atomic E-state index is 0.110. The van der Waals surface area contributed by atoms with Crippen molar-refractivity contribution in [2.24, 2.45) is 0 Å². The van der Waals surface area contributed by atoms with E-state index < -0.39 is 5.97 Å². The van der Waals surface area contributed by atoms with Gasteiger partial charge in [0.25, 0.3) is 0 Å². The molecule has 0 aliphatic heterocycles. The number of nitrogens with zero attached hydrogens (tertiary/aromatic N) is 1. The highest BCUT2D eigenvalue weighted by Gasteiger charge is 2.12. The SMILES string of the molecule is CCOC(=O)C(C#N)=Cc1cc(OC)c(N)c(OC)c1. The second-order valence-corrected chi connectivity index (χ2v) is 3.73. The Labute approximate surface area is 117 Å². The number of hydrogen-bond acceptors (Lipinski definition) is 6. The number of esters is 1. The molecule has 1 aromatic rings. The van der Waals surface area contributed by atoms with Gasteiger partial charge in [-0.1, -0.05) is 0 Å². The van der Waals surface area contributed by atoms with E-state index in [-0.39, 0.29) is 12.2 Å². The maximum atomic E-state index is 11.6. The van der Waals surface area contributed by atoms with Crippen molar-refractivity contribution in [2.75, 3.05) is 26.6 Å². The van der Waals surface area contributed by atoms with Crippen LogP contribution in [0.1, 0.15) is 12.5 Å². The molecule has 0 spiro atoms. The molecule has 0 aliphatic rings. The summed E-state index contributed by atoms with van der Waals surface area (Å²) in [4.78, 5) is 11.6. The molecular weight excluding hydrogens is 260 g/mol. The van der Waals surface area contributed by atoms with E-state index >= 15 is 0 Å². The molecule has 0 fully saturated rings. The summed E-state index contributed by atoms with van der Waals surface area (Å²) in [6, 6.07) is 5.01. The Hall–Kier alpha value is -2.68. The van der Waals surface area contributed by atoms with Gasteiger partial charge in [0.05, 0.1) is 20.8 Å². The number of rotatable bonds is 5. The van der Waals surface area contributed by atoms with Crippen LogP contribution in [-0.4, -0.2) is 26.8 Å². The third-order valence-corrected chi connectivity index (χ3v) is 2.49. The maximum absolute atomic E-state index is 11.6. The van der Waals surface area contributed by atoms with E-state index in [0.717, 1.165) is 0 Å². The summed E-state index contributed by atoms with van der Waals surface area (Å²) in [6.45, 7) is 1.87. The van der Waals surface area contributed by atoms with Crippen LogP contribution >= 0.6 is 0 Å². The van der Waals surface area contributed by atoms with Crippen molar-refractivity contribution in [2.45, 2.75) is 6.92 Å². The molecule has 106 valence electrons. The first-order valence-electron chi connectivity index (χ1n) is 5.87. The molecule has 0 unspecified atom stereocenters. The van der Waals surface area contributed by atoms with Gasteiger partial charge in [0.1, 0.15) is 28.8 Å². The van der Waals surface area contributed by atoms with Crippen molar-refractivity contribution in [3.63, 3.8) is 0 Å². The van der Waals surface area contributed by atoms with Crippen molar-refractivity contribution in [3.05, 3.63) is 23.3 Å². The highest BCUT2D eigenvalue weighted by Crippen LogP contribution is 2.33. The van der Waals surface area contributed by atoms with Gasteiger partial charge in [0.15, 0.2) is 0 Å². The summed E-state index contributed by atoms with van der Waals surface area (Å²) in [7, 11) is 2.93. The molecule has 0 heterocycles. The monoisotopic (exact) mass is 276 g/mol. The minimum Gasteiger partial charge on any atom is -0.494 e. The van der Waals surface area contributed by atoms with Crippen molar-refractivity contribution in [1.29, 1.82) is 5.26 Å². The highest BCUT2D eigenvalue weighted by atomic mass is 16.5. The van der Waals surface area contributed by atoms with E-state index in [1.807, 2.05) is 0 Å². The van der Waals surface area contributed by atoms with E-state index in [0.29, 0.717) is 22.7 Å². The number of carbonyl (C=O) groups is 1. The lowest BCUT2D eigenvalue weighted by molar-refractivity contribution is -0.137. The van der Waals surface area contributed by atoms with Gasteiger partial charge < -0.3 is 19.9 Å². The third-order valence-electron chi connectivity index (χ3n) is 2.49. The summed E-state index contributed by atoms with van der Waals surface area (Å²) in [5, 5.41) is 8.99. The number of nitrogen functional groups attached to an aromatic ring is 1. The Bertz CT molecular complexity index is 548. The smallest absolute Gasteiger partial charge is 0.348 e. The number of ether oxygens (including phenoxy) is 3. The zero-order chi connectivity index (χ0) is 15.1. The molecule has 0 amide bonds. The number of hydrogen-bond donors (Lipinski definition) is 1. The Morgan fingerprint density at radius 2 is 1.90 bits per heavy atom. The van der Waals surface area contributed by atoms with Crippen LogP contribution in [0.5, 0.6) is 11.5 Å². The fourth-order valence-electron chi connectivity index (χ4n) is 1.55. The second kappa shape index (κ2) is 7.04. The normalized spacial score (nSPS) is 10.6. The molecule has 2 N–H and O–H groups in total. The fourth-order valence-corrected chi connectivity index (χ4v) is 1.55. The predicted octanol–water partition coefficient (Wildman–Crippen LogP) is 1.76. The topological polar surface area (TPSA) is 94.6 Å². The van der Waals surface area contributed by atoms with Crippen LogP contribution in [0, 0.1) is 11.3 Å². The van der Waals surface area contributed by atoms with Gasteiger partial charge in [0, 0.05) is 0 Å². The number of anilines is 1. The zero-order valence-corrected chi connectivity index (χ0v) is 11.6. The van der Waals surface area contributed by atoms with Crippen LogP contribution in [-0.2, 0) is 9.53 Å². The Morgan fingerprint density at radius 1 is 1.35 bits per heavy atom. The van der Waals surface area contributed by atoms with Gasteiger partial charge in [0.2, 0.25) is 0 Å². The van der Waals surface area contributed by atoms with Crippen molar-refractivity contribution < 1.29 is 19.0 Å². The molecule has 6 nitrogen and oxygen atoms in total.